The third-order valence-corrected chi connectivity index (χ3v) is 8.04. The van der Waals surface area contributed by atoms with Crippen molar-refractivity contribution in [2.24, 2.45) is 0 Å². The summed E-state index contributed by atoms with van der Waals surface area (Å²) in [5.74, 6) is 1.21. The maximum atomic E-state index is 13.4. The molecule has 3 aliphatic carbocycles. The Labute approximate surface area is 187 Å². The third-order valence-electron chi connectivity index (χ3n) is 8.04. The lowest BCUT2D eigenvalue weighted by Crippen LogP contribution is -2.79. The van der Waals surface area contributed by atoms with Gasteiger partial charge in [0.15, 0.2) is 0 Å². The number of morpholine rings is 1. The number of aromatic nitrogens is 4. The van der Waals surface area contributed by atoms with E-state index in [0.29, 0.717) is 24.5 Å². The fourth-order valence-electron chi connectivity index (χ4n) is 6.28. The van der Waals surface area contributed by atoms with Crippen LogP contribution in [0, 0.1) is 0 Å². The van der Waals surface area contributed by atoms with Crippen LogP contribution in [0.4, 0.5) is 13.2 Å². The van der Waals surface area contributed by atoms with Gasteiger partial charge in [-0.05, 0) is 25.3 Å². The first-order chi connectivity index (χ1) is 15.9. The lowest BCUT2D eigenvalue weighted by Gasteiger charge is -2.74. The molecule has 1 N–H and O–H groups in total. The van der Waals surface area contributed by atoms with Crippen molar-refractivity contribution in [1.82, 2.24) is 24.4 Å². The number of imidazole rings is 1. The maximum Gasteiger partial charge on any atom is 0.418 e. The quantitative estimate of drug-likeness (QED) is 0.647. The van der Waals surface area contributed by atoms with Crippen LogP contribution >= 0.6 is 0 Å². The monoisotopic (exact) mass is 459 g/mol. The van der Waals surface area contributed by atoms with Gasteiger partial charge in [-0.15, -0.1) is 0 Å². The molecule has 0 amide bonds. The summed E-state index contributed by atoms with van der Waals surface area (Å²) >= 11 is 0. The van der Waals surface area contributed by atoms with Gasteiger partial charge in [0.1, 0.15) is 11.5 Å². The highest BCUT2D eigenvalue weighted by molar-refractivity contribution is 5.84. The van der Waals surface area contributed by atoms with E-state index in [4.69, 9.17) is 14.5 Å². The summed E-state index contributed by atoms with van der Waals surface area (Å²) in [6.45, 7) is 4.83. The molecule has 0 unspecified atom stereocenters. The maximum absolute atomic E-state index is 13.4. The summed E-state index contributed by atoms with van der Waals surface area (Å²) in [6.07, 6.45) is 3.43. The SMILES string of the molecule is FC(F)(F)c1c[nH]c2ncc(-c3cn(C45CC(N6CCOCC6)(C4)C5)c(C4COC4)n3)cc12. The number of ether oxygens (including phenoxy) is 2. The fraction of sp³-hybridized carbons (Fsp3) is 0.565. The molecule has 0 spiro atoms. The molecule has 33 heavy (non-hydrogen) atoms. The molecule has 174 valence electrons. The lowest BCUT2D eigenvalue weighted by molar-refractivity contribution is -0.221. The number of aromatic amines is 1. The molecule has 7 nitrogen and oxygen atoms in total. The number of alkyl halides is 3. The van der Waals surface area contributed by atoms with Crippen LogP contribution in [0.15, 0.2) is 24.7 Å². The molecule has 2 saturated heterocycles. The van der Waals surface area contributed by atoms with Gasteiger partial charge in [-0.2, -0.15) is 13.2 Å². The van der Waals surface area contributed by atoms with E-state index in [1.807, 2.05) is 6.20 Å². The Kier molecular flexibility index (Phi) is 3.98. The number of hydrogen-bond acceptors (Lipinski definition) is 5. The molecule has 3 aromatic rings. The molecule has 0 aromatic carbocycles. The smallest absolute Gasteiger partial charge is 0.380 e. The number of halogens is 3. The molecule has 3 aromatic heterocycles. The highest BCUT2D eigenvalue weighted by atomic mass is 19.4. The average Bonchev–Trinajstić information content (AvgIpc) is 3.30. The summed E-state index contributed by atoms with van der Waals surface area (Å²) in [5.41, 5.74) is 1.12. The van der Waals surface area contributed by atoms with Crippen LogP contribution in [0.5, 0.6) is 0 Å². The first kappa shape index (κ1) is 20.0. The molecule has 2 aliphatic heterocycles. The zero-order valence-electron chi connectivity index (χ0n) is 18.0. The van der Waals surface area contributed by atoms with E-state index in [1.165, 1.54) is 0 Å². The van der Waals surface area contributed by atoms with Crippen LogP contribution in [-0.2, 0) is 21.2 Å². The Bertz CT molecular complexity index is 1220. The standard InChI is InChI=1S/C23H24F3N5O2/c24-23(25,26)17-7-28-19-16(17)5-14(6-27-19)18-8-31(20(29-18)15-9-33-10-15)22-11-21(12-22,13-22)30-1-3-32-4-2-30/h5-8,15H,1-4,9-13H2,(H,27,28). The largest absolute Gasteiger partial charge is 0.418 e. The number of H-pyrrole nitrogens is 1. The average molecular weight is 459 g/mol. The highest BCUT2D eigenvalue weighted by Crippen LogP contribution is 2.68. The summed E-state index contributed by atoms with van der Waals surface area (Å²) in [6, 6.07) is 1.55. The van der Waals surface area contributed by atoms with Gasteiger partial charge in [-0.1, -0.05) is 0 Å². The zero-order chi connectivity index (χ0) is 22.4. The van der Waals surface area contributed by atoms with Gasteiger partial charge >= 0.3 is 6.18 Å². The van der Waals surface area contributed by atoms with Gasteiger partial charge in [0.2, 0.25) is 0 Å². The van der Waals surface area contributed by atoms with Crippen molar-refractivity contribution in [3.63, 3.8) is 0 Å². The Morgan fingerprint density at radius 2 is 1.82 bits per heavy atom. The second-order valence-electron chi connectivity index (χ2n) is 9.99. The van der Waals surface area contributed by atoms with E-state index in [0.717, 1.165) is 57.6 Å². The second kappa shape index (κ2) is 6.58. The van der Waals surface area contributed by atoms with Crippen molar-refractivity contribution in [3.8, 4) is 11.3 Å². The van der Waals surface area contributed by atoms with Crippen molar-refractivity contribution >= 4 is 11.0 Å². The Balaban J connectivity index is 1.24. The number of pyridine rings is 1. The number of fused-ring (bicyclic) bond motifs is 1. The Morgan fingerprint density at radius 1 is 1.06 bits per heavy atom. The second-order valence-corrected chi connectivity index (χ2v) is 9.99. The summed E-state index contributed by atoms with van der Waals surface area (Å²) < 4.78 is 53.5. The number of nitrogens with zero attached hydrogens (tertiary/aromatic N) is 4. The van der Waals surface area contributed by atoms with Crippen molar-refractivity contribution in [2.45, 2.75) is 42.4 Å². The van der Waals surface area contributed by atoms with Crippen LogP contribution in [0.1, 0.15) is 36.6 Å². The molecular weight excluding hydrogens is 435 g/mol. The van der Waals surface area contributed by atoms with Gasteiger partial charge in [0.05, 0.1) is 49.1 Å². The van der Waals surface area contributed by atoms with E-state index in [1.54, 1.807) is 12.3 Å². The first-order valence-corrected chi connectivity index (χ1v) is 11.4. The summed E-state index contributed by atoms with van der Waals surface area (Å²) in [4.78, 5) is 14.3. The van der Waals surface area contributed by atoms with Gasteiger partial charge in [0, 0.05) is 48.2 Å². The molecule has 0 radical (unpaired) electrons. The van der Waals surface area contributed by atoms with Crippen LogP contribution in [0.2, 0.25) is 0 Å². The van der Waals surface area contributed by atoms with Gasteiger partial charge < -0.3 is 19.0 Å². The van der Waals surface area contributed by atoms with Crippen molar-refractivity contribution in [2.75, 3.05) is 39.5 Å². The van der Waals surface area contributed by atoms with Crippen LogP contribution in [0.25, 0.3) is 22.3 Å². The molecule has 5 aliphatic rings. The molecule has 8 rings (SSSR count). The summed E-state index contributed by atoms with van der Waals surface area (Å²) in [7, 11) is 0. The van der Waals surface area contributed by atoms with E-state index in [-0.39, 0.29) is 28.0 Å². The van der Waals surface area contributed by atoms with E-state index < -0.39 is 11.7 Å². The van der Waals surface area contributed by atoms with Crippen LogP contribution in [0.3, 0.4) is 0 Å². The van der Waals surface area contributed by atoms with Crippen LogP contribution < -0.4 is 0 Å². The number of hydrogen-bond donors (Lipinski definition) is 1. The molecule has 5 fully saturated rings. The Morgan fingerprint density at radius 3 is 2.48 bits per heavy atom. The molecular formula is C23H24F3N5O2. The zero-order valence-corrected chi connectivity index (χ0v) is 18.0. The molecule has 2 bridgehead atoms. The van der Waals surface area contributed by atoms with Gasteiger partial charge in [-0.25, -0.2) is 9.97 Å². The summed E-state index contributed by atoms with van der Waals surface area (Å²) in [5, 5.41) is 0.0693. The first-order valence-electron chi connectivity index (χ1n) is 11.4. The van der Waals surface area contributed by atoms with Crippen molar-refractivity contribution in [1.29, 1.82) is 0 Å². The molecule has 5 heterocycles. The predicted octanol–water partition coefficient (Wildman–Crippen LogP) is 3.52. The minimum absolute atomic E-state index is 0.0528. The topological polar surface area (TPSA) is 68.2 Å². The molecule has 10 heteroatoms. The predicted molar refractivity (Wildman–Crippen MR) is 113 cm³/mol. The van der Waals surface area contributed by atoms with Gasteiger partial charge in [0.25, 0.3) is 0 Å². The fourth-order valence-corrected chi connectivity index (χ4v) is 6.28. The molecule has 0 atom stereocenters. The third kappa shape index (κ3) is 2.80. The number of rotatable bonds is 4. The molecule has 3 saturated carbocycles. The number of nitrogens with one attached hydrogen (secondary N) is 1. The van der Waals surface area contributed by atoms with Crippen molar-refractivity contribution in [3.05, 3.63) is 36.0 Å². The van der Waals surface area contributed by atoms with Crippen LogP contribution in [-0.4, -0.2) is 69.5 Å². The highest BCUT2D eigenvalue weighted by Gasteiger charge is 2.71. The van der Waals surface area contributed by atoms with E-state index >= 15 is 0 Å². The lowest BCUT2D eigenvalue weighted by atomic mass is 9.43. The van der Waals surface area contributed by atoms with Crippen molar-refractivity contribution < 1.29 is 22.6 Å². The minimum atomic E-state index is -4.44. The minimum Gasteiger partial charge on any atom is -0.380 e. The Hall–Kier alpha value is -2.43. The van der Waals surface area contributed by atoms with Gasteiger partial charge in [-0.3, -0.25) is 4.90 Å². The van der Waals surface area contributed by atoms with E-state index in [9.17, 15) is 13.2 Å². The normalized spacial score (nSPS) is 30.2. The van der Waals surface area contributed by atoms with E-state index in [2.05, 4.69) is 19.4 Å².